The van der Waals surface area contributed by atoms with Crippen LogP contribution in [0.5, 0.6) is 5.88 Å². The molecule has 5 heteroatoms. The molecule has 2 aromatic heterocycles. The third-order valence-corrected chi connectivity index (χ3v) is 3.18. The van der Waals surface area contributed by atoms with E-state index in [1.54, 1.807) is 17.5 Å². The highest BCUT2D eigenvalue weighted by Gasteiger charge is 2.07. The zero-order valence-corrected chi connectivity index (χ0v) is 11.6. The topological polar surface area (TPSA) is 47.0 Å². The van der Waals surface area contributed by atoms with Crippen molar-refractivity contribution in [1.29, 1.82) is 0 Å². The predicted octanol–water partition coefficient (Wildman–Crippen LogP) is 3.25. The fraction of sp³-hybridized carbons (Fsp3) is 0.385. The molecule has 0 aliphatic heterocycles. The molecule has 0 saturated carbocycles. The van der Waals surface area contributed by atoms with Gasteiger partial charge in [-0.25, -0.2) is 9.97 Å². The van der Waals surface area contributed by atoms with Crippen molar-refractivity contribution < 1.29 is 4.74 Å². The summed E-state index contributed by atoms with van der Waals surface area (Å²) in [5.74, 6) is 0.640. The molecule has 0 saturated heterocycles. The molecule has 96 valence electrons. The number of aryl methyl sites for hydroxylation is 1. The zero-order valence-electron chi connectivity index (χ0n) is 10.8. The van der Waals surface area contributed by atoms with E-state index in [0.29, 0.717) is 12.4 Å². The number of hydrogen-bond donors (Lipinski definition) is 1. The Hall–Kier alpha value is -1.62. The Balaban J connectivity index is 2.04. The van der Waals surface area contributed by atoms with Crippen molar-refractivity contribution in [2.24, 2.45) is 0 Å². The van der Waals surface area contributed by atoms with Crippen LogP contribution in [0.4, 0.5) is 5.69 Å². The van der Waals surface area contributed by atoms with E-state index < -0.39 is 0 Å². The molecule has 0 amide bonds. The first-order chi connectivity index (χ1) is 8.65. The normalized spacial score (nSPS) is 10.7. The minimum absolute atomic E-state index is 0.113. The Morgan fingerprint density at radius 2 is 2.28 bits per heavy atom. The Kier molecular flexibility index (Phi) is 4.15. The molecular formula is C13H17N3OS. The molecule has 0 spiro atoms. The lowest BCUT2D eigenvalue weighted by atomic mass is 10.4. The third kappa shape index (κ3) is 3.43. The van der Waals surface area contributed by atoms with Crippen molar-refractivity contribution >= 4 is 17.0 Å². The maximum atomic E-state index is 5.65. The number of pyridine rings is 1. The van der Waals surface area contributed by atoms with Crippen LogP contribution in [0, 0.1) is 6.92 Å². The number of nitrogens with zero attached hydrogens (tertiary/aromatic N) is 2. The molecular weight excluding hydrogens is 246 g/mol. The highest BCUT2D eigenvalue weighted by atomic mass is 32.1. The Bertz CT molecular complexity index is 510. The standard InChI is InChI=1S/C13H17N3OS/c1-9(2)17-13-11(5-4-6-14-13)15-7-12-16-10(3)8-18-12/h4-6,8-9,15H,7H2,1-3H3. The van der Waals surface area contributed by atoms with Crippen LogP contribution in [0.2, 0.25) is 0 Å². The molecule has 0 aromatic carbocycles. The van der Waals surface area contributed by atoms with E-state index in [4.69, 9.17) is 4.74 Å². The number of nitrogens with one attached hydrogen (secondary N) is 1. The second-order valence-corrected chi connectivity index (χ2v) is 5.20. The summed E-state index contributed by atoms with van der Waals surface area (Å²) in [6, 6.07) is 3.85. The van der Waals surface area contributed by atoms with E-state index in [1.165, 1.54) is 0 Å². The van der Waals surface area contributed by atoms with Gasteiger partial charge in [0, 0.05) is 17.3 Å². The van der Waals surface area contributed by atoms with Gasteiger partial charge in [0.05, 0.1) is 18.3 Å². The Morgan fingerprint density at radius 1 is 1.44 bits per heavy atom. The van der Waals surface area contributed by atoms with Gasteiger partial charge in [-0.1, -0.05) is 0 Å². The predicted molar refractivity (Wildman–Crippen MR) is 74.2 cm³/mol. The summed E-state index contributed by atoms with van der Waals surface area (Å²) in [5, 5.41) is 6.42. The number of ether oxygens (including phenoxy) is 1. The highest BCUT2D eigenvalue weighted by Crippen LogP contribution is 2.22. The number of aromatic nitrogens is 2. The molecule has 4 nitrogen and oxygen atoms in total. The largest absolute Gasteiger partial charge is 0.473 e. The molecule has 2 rings (SSSR count). The van der Waals surface area contributed by atoms with Crippen molar-refractivity contribution in [3.63, 3.8) is 0 Å². The van der Waals surface area contributed by atoms with Crippen LogP contribution in [-0.2, 0) is 6.54 Å². The second kappa shape index (κ2) is 5.82. The van der Waals surface area contributed by atoms with Crippen LogP contribution < -0.4 is 10.1 Å². The first-order valence-electron chi connectivity index (χ1n) is 5.91. The lowest BCUT2D eigenvalue weighted by molar-refractivity contribution is 0.234. The summed E-state index contributed by atoms with van der Waals surface area (Å²) in [7, 11) is 0. The monoisotopic (exact) mass is 263 g/mol. The summed E-state index contributed by atoms with van der Waals surface area (Å²) in [4.78, 5) is 8.65. The van der Waals surface area contributed by atoms with Gasteiger partial charge in [-0.15, -0.1) is 11.3 Å². The van der Waals surface area contributed by atoms with Crippen molar-refractivity contribution in [3.8, 4) is 5.88 Å². The SMILES string of the molecule is Cc1csc(CNc2cccnc2OC(C)C)n1. The van der Waals surface area contributed by atoms with Crippen LogP contribution in [0.15, 0.2) is 23.7 Å². The highest BCUT2D eigenvalue weighted by molar-refractivity contribution is 7.09. The van der Waals surface area contributed by atoms with E-state index in [1.807, 2.05) is 38.3 Å². The van der Waals surface area contributed by atoms with Gasteiger partial charge in [0.25, 0.3) is 0 Å². The van der Waals surface area contributed by atoms with Crippen LogP contribution in [0.1, 0.15) is 24.5 Å². The Labute approximate surface area is 111 Å². The maximum absolute atomic E-state index is 5.65. The third-order valence-electron chi connectivity index (χ3n) is 2.22. The van der Waals surface area contributed by atoms with E-state index in [-0.39, 0.29) is 6.10 Å². The van der Waals surface area contributed by atoms with Gasteiger partial charge in [0.1, 0.15) is 5.01 Å². The van der Waals surface area contributed by atoms with Gasteiger partial charge in [-0.05, 0) is 32.9 Å². The van der Waals surface area contributed by atoms with E-state index in [2.05, 4.69) is 15.3 Å². The van der Waals surface area contributed by atoms with Crippen LogP contribution in [0.3, 0.4) is 0 Å². The number of thiazole rings is 1. The fourth-order valence-corrected chi connectivity index (χ4v) is 2.21. The minimum atomic E-state index is 0.113. The van der Waals surface area contributed by atoms with Gasteiger partial charge in [0.15, 0.2) is 0 Å². The Morgan fingerprint density at radius 3 is 2.94 bits per heavy atom. The van der Waals surface area contributed by atoms with Gasteiger partial charge in [-0.2, -0.15) is 0 Å². The maximum Gasteiger partial charge on any atom is 0.237 e. The smallest absolute Gasteiger partial charge is 0.237 e. The van der Waals surface area contributed by atoms with E-state index in [9.17, 15) is 0 Å². The molecule has 0 fully saturated rings. The van der Waals surface area contributed by atoms with Gasteiger partial charge in [0.2, 0.25) is 5.88 Å². The molecule has 18 heavy (non-hydrogen) atoms. The summed E-state index contributed by atoms with van der Waals surface area (Å²) in [6.07, 6.45) is 1.85. The zero-order chi connectivity index (χ0) is 13.0. The van der Waals surface area contributed by atoms with E-state index in [0.717, 1.165) is 16.4 Å². The first kappa shape index (κ1) is 12.8. The van der Waals surface area contributed by atoms with Crippen molar-refractivity contribution in [2.45, 2.75) is 33.4 Å². The van der Waals surface area contributed by atoms with Crippen molar-refractivity contribution in [2.75, 3.05) is 5.32 Å². The van der Waals surface area contributed by atoms with Crippen molar-refractivity contribution in [3.05, 3.63) is 34.4 Å². The number of hydrogen-bond acceptors (Lipinski definition) is 5. The number of anilines is 1. The lowest BCUT2D eigenvalue weighted by Crippen LogP contribution is -2.10. The number of rotatable bonds is 5. The molecule has 0 radical (unpaired) electrons. The van der Waals surface area contributed by atoms with E-state index >= 15 is 0 Å². The summed E-state index contributed by atoms with van der Waals surface area (Å²) < 4.78 is 5.65. The van der Waals surface area contributed by atoms with Crippen LogP contribution >= 0.6 is 11.3 Å². The van der Waals surface area contributed by atoms with Gasteiger partial charge in [-0.3, -0.25) is 0 Å². The molecule has 0 atom stereocenters. The first-order valence-corrected chi connectivity index (χ1v) is 6.79. The molecule has 2 aromatic rings. The minimum Gasteiger partial charge on any atom is -0.473 e. The molecule has 2 heterocycles. The molecule has 0 aliphatic rings. The summed E-state index contributed by atoms with van der Waals surface area (Å²) >= 11 is 1.65. The van der Waals surface area contributed by atoms with Gasteiger partial charge >= 0.3 is 0 Å². The van der Waals surface area contributed by atoms with Crippen LogP contribution in [-0.4, -0.2) is 16.1 Å². The molecule has 0 unspecified atom stereocenters. The van der Waals surface area contributed by atoms with Gasteiger partial charge < -0.3 is 10.1 Å². The molecule has 0 aliphatic carbocycles. The average Bonchev–Trinajstić information content (AvgIpc) is 2.73. The second-order valence-electron chi connectivity index (χ2n) is 4.26. The lowest BCUT2D eigenvalue weighted by Gasteiger charge is -2.13. The summed E-state index contributed by atoms with van der Waals surface area (Å²) in [6.45, 7) is 6.67. The quantitative estimate of drug-likeness (QED) is 0.899. The fourth-order valence-electron chi connectivity index (χ4n) is 1.50. The average molecular weight is 263 g/mol. The van der Waals surface area contributed by atoms with Crippen molar-refractivity contribution in [1.82, 2.24) is 9.97 Å². The molecule has 0 bridgehead atoms. The molecule has 1 N–H and O–H groups in total. The van der Waals surface area contributed by atoms with Crippen LogP contribution in [0.25, 0.3) is 0 Å². The summed E-state index contributed by atoms with van der Waals surface area (Å²) in [5.41, 5.74) is 1.96.